The molecule has 1 saturated heterocycles. The fourth-order valence-corrected chi connectivity index (χ4v) is 3.29. The molecule has 0 saturated carbocycles. The number of halogens is 2. The minimum absolute atomic E-state index is 0.151. The quantitative estimate of drug-likeness (QED) is 0.785. The second-order valence-electron chi connectivity index (χ2n) is 6.00. The number of piperidine rings is 1. The number of hydrogen-bond acceptors (Lipinski definition) is 3. The van der Waals surface area contributed by atoms with Crippen LogP contribution < -0.4 is 5.32 Å². The highest BCUT2D eigenvalue weighted by molar-refractivity contribution is 6.36. The van der Waals surface area contributed by atoms with Gasteiger partial charge in [0.25, 0.3) is 11.8 Å². The minimum atomic E-state index is -0.477. The molecule has 5 nitrogen and oxygen atoms in total. The molecule has 2 amide bonds. The van der Waals surface area contributed by atoms with Gasteiger partial charge in [-0.1, -0.05) is 23.2 Å². The number of furan rings is 1. The third-order valence-corrected chi connectivity index (χ3v) is 4.68. The van der Waals surface area contributed by atoms with E-state index in [0.29, 0.717) is 23.9 Å². The summed E-state index contributed by atoms with van der Waals surface area (Å²) in [6, 6.07) is 8.01. The Bertz CT molecular complexity index is 825. The van der Waals surface area contributed by atoms with Crippen LogP contribution in [0.5, 0.6) is 0 Å². The van der Waals surface area contributed by atoms with E-state index in [1.54, 1.807) is 23.1 Å². The zero-order chi connectivity index (χ0) is 18.5. The van der Waals surface area contributed by atoms with E-state index in [1.165, 1.54) is 24.5 Å². The molecule has 1 aromatic heterocycles. The Morgan fingerprint density at radius 2 is 1.88 bits per heavy atom. The highest BCUT2D eigenvalue weighted by Gasteiger charge is 2.23. The van der Waals surface area contributed by atoms with Crippen molar-refractivity contribution in [3.63, 3.8) is 0 Å². The van der Waals surface area contributed by atoms with Crippen molar-refractivity contribution < 1.29 is 14.0 Å². The molecule has 0 bridgehead atoms. The number of carbonyl (C=O) groups is 2. The van der Waals surface area contributed by atoms with Crippen LogP contribution in [0, 0.1) is 0 Å². The van der Waals surface area contributed by atoms with Crippen LogP contribution in [0.3, 0.4) is 0 Å². The van der Waals surface area contributed by atoms with Gasteiger partial charge in [0.05, 0.1) is 16.8 Å². The molecule has 26 heavy (non-hydrogen) atoms. The average molecular weight is 393 g/mol. The Labute approximate surface area is 161 Å². The number of amides is 2. The summed E-state index contributed by atoms with van der Waals surface area (Å²) >= 11 is 12.0. The highest BCUT2D eigenvalue weighted by Crippen LogP contribution is 2.22. The van der Waals surface area contributed by atoms with Crippen LogP contribution >= 0.6 is 23.2 Å². The molecular formula is C19H18Cl2N2O3. The van der Waals surface area contributed by atoms with E-state index < -0.39 is 5.91 Å². The fourth-order valence-electron chi connectivity index (χ4n) is 2.80. The molecule has 3 rings (SSSR count). The van der Waals surface area contributed by atoms with Crippen molar-refractivity contribution in [2.24, 2.45) is 0 Å². The highest BCUT2D eigenvalue weighted by atomic mass is 35.5. The standard InChI is InChI=1S/C19H18Cl2N2O3/c20-13-6-7-15(16(21)11-13)18(24)22-17(12-14-5-4-10-26-14)19(25)23-8-2-1-3-9-23/h4-7,10-12H,1-3,8-9H2,(H,22,24)/b17-12+. The van der Waals surface area contributed by atoms with E-state index in [4.69, 9.17) is 27.6 Å². The lowest BCUT2D eigenvalue weighted by Crippen LogP contribution is -2.41. The lowest BCUT2D eigenvalue weighted by molar-refractivity contribution is -0.128. The van der Waals surface area contributed by atoms with E-state index in [2.05, 4.69) is 5.32 Å². The molecule has 1 N–H and O–H groups in total. The summed E-state index contributed by atoms with van der Waals surface area (Å²) in [6.07, 6.45) is 6.05. The first kappa shape index (κ1) is 18.5. The van der Waals surface area contributed by atoms with Gasteiger partial charge in [0.2, 0.25) is 0 Å². The molecule has 136 valence electrons. The van der Waals surface area contributed by atoms with Gasteiger partial charge >= 0.3 is 0 Å². The smallest absolute Gasteiger partial charge is 0.270 e. The largest absolute Gasteiger partial charge is 0.465 e. The van der Waals surface area contributed by atoms with Gasteiger partial charge in [0.15, 0.2) is 0 Å². The molecule has 2 aromatic rings. The predicted molar refractivity (Wildman–Crippen MR) is 101 cm³/mol. The zero-order valence-electron chi connectivity index (χ0n) is 14.0. The van der Waals surface area contributed by atoms with Gasteiger partial charge in [0.1, 0.15) is 11.5 Å². The Hall–Kier alpha value is -2.24. The lowest BCUT2D eigenvalue weighted by atomic mass is 10.1. The first-order valence-electron chi connectivity index (χ1n) is 8.35. The van der Waals surface area contributed by atoms with Gasteiger partial charge in [-0.15, -0.1) is 0 Å². The van der Waals surface area contributed by atoms with Gasteiger partial charge in [0, 0.05) is 24.2 Å². The third-order valence-electron chi connectivity index (χ3n) is 4.13. The van der Waals surface area contributed by atoms with E-state index in [9.17, 15) is 9.59 Å². The first-order chi connectivity index (χ1) is 12.5. The van der Waals surface area contributed by atoms with E-state index >= 15 is 0 Å². The van der Waals surface area contributed by atoms with E-state index in [-0.39, 0.29) is 22.2 Å². The summed E-state index contributed by atoms with van der Waals surface area (Å²) in [5.41, 5.74) is 0.394. The molecule has 0 aliphatic carbocycles. The van der Waals surface area contributed by atoms with Crippen molar-refractivity contribution in [2.45, 2.75) is 19.3 Å². The van der Waals surface area contributed by atoms with E-state index in [1.807, 2.05) is 0 Å². The first-order valence-corrected chi connectivity index (χ1v) is 9.11. The van der Waals surface area contributed by atoms with Crippen LogP contribution in [0.2, 0.25) is 10.0 Å². The summed E-state index contributed by atoms with van der Waals surface area (Å²) in [6.45, 7) is 1.35. The second kappa shape index (κ2) is 8.43. The average Bonchev–Trinajstić information content (AvgIpc) is 3.14. The summed E-state index contributed by atoms with van der Waals surface area (Å²) in [5.74, 6) is -0.234. The molecule has 1 aliphatic heterocycles. The van der Waals surface area contributed by atoms with Crippen molar-refractivity contribution in [2.75, 3.05) is 13.1 Å². The molecule has 0 radical (unpaired) electrons. The summed E-state index contributed by atoms with van der Waals surface area (Å²) in [7, 11) is 0. The summed E-state index contributed by atoms with van der Waals surface area (Å²) < 4.78 is 5.29. The lowest BCUT2D eigenvalue weighted by Gasteiger charge is -2.27. The molecule has 0 unspecified atom stereocenters. The van der Waals surface area contributed by atoms with Gasteiger partial charge in [-0.05, 0) is 49.6 Å². The number of nitrogens with one attached hydrogen (secondary N) is 1. The van der Waals surface area contributed by atoms with Crippen LogP contribution in [0.25, 0.3) is 6.08 Å². The van der Waals surface area contributed by atoms with Crippen LogP contribution in [0.15, 0.2) is 46.7 Å². The monoisotopic (exact) mass is 392 g/mol. The molecule has 2 heterocycles. The Morgan fingerprint density at radius 3 is 2.54 bits per heavy atom. The Balaban J connectivity index is 1.85. The summed E-state index contributed by atoms with van der Waals surface area (Å²) in [4.78, 5) is 27.2. The number of likely N-dealkylation sites (tertiary alicyclic amines) is 1. The maximum atomic E-state index is 12.9. The SMILES string of the molecule is O=C(N/C(=C/c1ccco1)C(=O)N1CCCCC1)c1ccc(Cl)cc1Cl. The van der Waals surface area contributed by atoms with Crippen molar-refractivity contribution >= 4 is 41.1 Å². The zero-order valence-corrected chi connectivity index (χ0v) is 15.5. The topological polar surface area (TPSA) is 62.6 Å². The van der Waals surface area contributed by atoms with Crippen molar-refractivity contribution in [3.8, 4) is 0 Å². The molecular weight excluding hydrogens is 375 g/mol. The molecule has 7 heteroatoms. The second-order valence-corrected chi connectivity index (χ2v) is 6.85. The number of nitrogens with zero attached hydrogens (tertiary/aromatic N) is 1. The predicted octanol–water partition coefficient (Wildman–Crippen LogP) is 4.37. The maximum absolute atomic E-state index is 12.9. The van der Waals surface area contributed by atoms with Crippen molar-refractivity contribution in [1.82, 2.24) is 10.2 Å². The van der Waals surface area contributed by atoms with Crippen molar-refractivity contribution in [1.29, 1.82) is 0 Å². The van der Waals surface area contributed by atoms with Gasteiger partial charge in [-0.3, -0.25) is 9.59 Å². The van der Waals surface area contributed by atoms with E-state index in [0.717, 1.165) is 19.3 Å². The molecule has 0 spiro atoms. The van der Waals surface area contributed by atoms with Crippen LogP contribution in [-0.4, -0.2) is 29.8 Å². The number of benzene rings is 1. The van der Waals surface area contributed by atoms with Crippen molar-refractivity contribution in [3.05, 3.63) is 63.7 Å². The number of hydrogen-bond donors (Lipinski definition) is 1. The van der Waals surface area contributed by atoms with Crippen LogP contribution in [0.1, 0.15) is 35.4 Å². The van der Waals surface area contributed by atoms with Gasteiger partial charge in [-0.25, -0.2) is 0 Å². The molecule has 1 aromatic carbocycles. The van der Waals surface area contributed by atoms with Gasteiger partial charge < -0.3 is 14.6 Å². The molecule has 1 fully saturated rings. The molecule has 0 atom stereocenters. The number of carbonyl (C=O) groups excluding carboxylic acids is 2. The Kier molecular flexibility index (Phi) is 6.01. The minimum Gasteiger partial charge on any atom is -0.465 e. The normalized spacial score (nSPS) is 15.0. The van der Waals surface area contributed by atoms with Crippen LogP contribution in [0.4, 0.5) is 0 Å². The maximum Gasteiger partial charge on any atom is 0.270 e. The van der Waals surface area contributed by atoms with Crippen LogP contribution in [-0.2, 0) is 4.79 Å². The molecule has 1 aliphatic rings. The third kappa shape index (κ3) is 4.48. The van der Waals surface area contributed by atoms with Gasteiger partial charge in [-0.2, -0.15) is 0 Å². The summed E-state index contributed by atoms with van der Waals surface area (Å²) in [5, 5.41) is 3.33. The Morgan fingerprint density at radius 1 is 1.12 bits per heavy atom. The fraction of sp³-hybridized carbons (Fsp3) is 0.263. The number of rotatable bonds is 4.